The third-order valence-electron chi connectivity index (χ3n) is 7.91. The number of hydrogen-bond donors (Lipinski definition) is 1. The van der Waals surface area contributed by atoms with Gasteiger partial charge in [0.25, 0.3) is 0 Å². The highest BCUT2D eigenvalue weighted by Crippen LogP contribution is 2.40. The molecule has 174 valence electrons. The number of fused-ring (bicyclic) bond motifs is 4. The lowest BCUT2D eigenvalue weighted by Gasteiger charge is -2.39. The Kier molecular flexibility index (Phi) is 5.26. The summed E-state index contributed by atoms with van der Waals surface area (Å²) in [5.41, 5.74) is 8.76. The molecule has 1 saturated heterocycles. The zero-order valence-electron chi connectivity index (χ0n) is 20.3. The Morgan fingerprint density at radius 1 is 0.824 bits per heavy atom. The maximum atomic E-state index is 10.6. The molecule has 0 radical (unpaired) electrons. The van der Waals surface area contributed by atoms with Gasteiger partial charge < -0.3 is 14.9 Å². The van der Waals surface area contributed by atoms with Crippen molar-refractivity contribution in [1.82, 2.24) is 0 Å². The lowest BCUT2D eigenvalue weighted by Crippen LogP contribution is -2.47. The van der Waals surface area contributed by atoms with E-state index in [2.05, 4.69) is 64.4 Å². The number of aryl methyl sites for hydroxylation is 1. The average molecular weight is 451 g/mol. The minimum Gasteiger partial charge on any atom is -0.386 e. The van der Waals surface area contributed by atoms with Gasteiger partial charge in [-0.2, -0.15) is 0 Å². The predicted octanol–water partition coefficient (Wildman–Crippen LogP) is 6.44. The highest BCUT2D eigenvalue weighted by molar-refractivity contribution is 5.95. The lowest BCUT2D eigenvalue weighted by atomic mass is 9.79. The number of hydrogen-bond acceptors (Lipinski definition) is 3. The molecule has 0 bridgehead atoms. The fourth-order valence-corrected chi connectivity index (χ4v) is 6.10. The van der Waals surface area contributed by atoms with Gasteiger partial charge in [-0.1, -0.05) is 54.1 Å². The minimum atomic E-state index is -0.838. The number of benzene rings is 3. The second kappa shape index (κ2) is 8.32. The predicted molar refractivity (Wildman–Crippen MR) is 144 cm³/mol. The van der Waals surface area contributed by atoms with Crippen molar-refractivity contribution in [3.63, 3.8) is 0 Å². The van der Waals surface area contributed by atoms with Crippen LogP contribution in [-0.2, 0) is 12.0 Å². The number of piperazine rings is 1. The Balaban J connectivity index is 1.24. The van der Waals surface area contributed by atoms with E-state index in [0.29, 0.717) is 0 Å². The van der Waals surface area contributed by atoms with Crippen LogP contribution in [0.1, 0.15) is 49.8 Å². The Morgan fingerprint density at radius 3 is 2.44 bits per heavy atom. The van der Waals surface area contributed by atoms with E-state index >= 15 is 0 Å². The van der Waals surface area contributed by atoms with Crippen molar-refractivity contribution in [2.45, 2.75) is 45.1 Å². The fourth-order valence-electron chi connectivity index (χ4n) is 6.10. The molecule has 0 amide bonds. The fraction of sp³-hybridized carbons (Fsp3) is 0.355. The molecule has 3 aliphatic rings. The molecule has 3 nitrogen and oxygen atoms in total. The molecule has 1 N–H and O–H groups in total. The topological polar surface area (TPSA) is 26.7 Å². The molecule has 0 atom stereocenters. The normalized spacial score (nSPS) is 18.3. The van der Waals surface area contributed by atoms with Gasteiger partial charge in [-0.25, -0.2) is 0 Å². The Morgan fingerprint density at radius 2 is 1.62 bits per heavy atom. The summed E-state index contributed by atoms with van der Waals surface area (Å²) >= 11 is 0. The molecule has 1 fully saturated rings. The highest BCUT2D eigenvalue weighted by Gasteiger charge is 2.26. The first kappa shape index (κ1) is 21.5. The van der Waals surface area contributed by atoms with E-state index in [-0.39, 0.29) is 0 Å². The van der Waals surface area contributed by atoms with Crippen LogP contribution in [0.2, 0.25) is 0 Å². The van der Waals surface area contributed by atoms with Crippen molar-refractivity contribution < 1.29 is 5.11 Å². The molecule has 3 aromatic carbocycles. The second-order valence-electron chi connectivity index (χ2n) is 10.5. The first-order chi connectivity index (χ1) is 16.5. The van der Waals surface area contributed by atoms with Crippen LogP contribution in [0.5, 0.6) is 0 Å². The molecular formula is C31H34N2O. The summed E-state index contributed by atoms with van der Waals surface area (Å²) in [6.45, 7) is 7.63. The first-order valence-electron chi connectivity index (χ1n) is 12.8. The van der Waals surface area contributed by atoms with Crippen LogP contribution in [0.3, 0.4) is 0 Å². The van der Waals surface area contributed by atoms with Crippen molar-refractivity contribution >= 4 is 27.7 Å². The van der Waals surface area contributed by atoms with E-state index in [1.807, 2.05) is 26.0 Å². The van der Waals surface area contributed by atoms with E-state index in [4.69, 9.17) is 0 Å². The zero-order chi connectivity index (χ0) is 23.3. The van der Waals surface area contributed by atoms with Crippen LogP contribution in [0.4, 0.5) is 11.4 Å². The molecular weight excluding hydrogens is 416 g/mol. The van der Waals surface area contributed by atoms with E-state index in [1.165, 1.54) is 52.4 Å². The van der Waals surface area contributed by atoms with Crippen LogP contribution in [0.25, 0.3) is 16.3 Å². The molecule has 0 aromatic heterocycles. The van der Waals surface area contributed by atoms with Gasteiger partial charge in [0.1, 0.15) is 0 Å². The number of anilines is 2. The summed E-state index contributed by atoms with van der Waals surface area (Å²) in [7, 11) is 0. The second-order valence-corrected chi connectivity index (χ2v) is 10.5. The summed E-state index contributed by atoms with van der Waals surface area (Å²) in [6.07, 6.45) is 9.49. The Labute approximate surface area is 203 Å². The van der Waals surface area contributed by atoms with Crippen LogP contribution >= 0.6 is 0 Å². The molecule has 6 rings (SSSR count). The molecule has 3 heteroatoms. The monoisotopic (exact) mass is 450 g/mol. The van der Waals surface area contributed by atoms with Crippen LogP contribution in [-0.4, -0.2) is 31.3 Å². The van der Waals surface area contributed by atoms with E-state index < -0.39 is 5.60 Å². The van der Waals surface area contributed by atoms with Gasteiger partial charge in [0.15, 0.2) is 0 Å². The lowest BCUT2D eigenvalue weighted by molar-refractivity contribution is 0.0790. The third kappa shape index (κ3) is 3.73. The van der Waals surface area contributed by atoms with Crippen molar-refractivity contribution in [3.05, 3.63) is 89.0 Å². The minimum absolute atomic E-state index is 0.838. The summed E-state index contributed by atoms with van der Waals surface area (Å²) in [6, 6.07) is 20.0. The van der Waals surface area contributed by atoms with Crippen molar-refractivity contribution in [2.75, 3.05) is 36.0 Å². The molecule has 1 aliphatic heterocycles. The Hall–Kier alpha value is -3.04. The molecule has 2 aliphatic carbocycles. The van der Waals surface area contributed by atoms with Crippen LogP contribution in [0, 0.1) is 0 Å². The molecule has 0 spiro atoms. The van der Waals surface area contributed by atoms with Gasteiger partial charge in [0.05, 0.1) is 5.60 Å². The zero-order valence-corrected chi connectivity index (χ0v) is 20.3. The first-order valence-corrected chi connectivity index (χ1v) is 12.8. The molecule has 3 aromatic rings. The largest absolute Gasteiger partial charge is 0.386 e. The Bertz CT molecular complexity index is 1300. The third-order valence-corrected chi connectivity index (χ3v) is 7.91. The maximum absolute atomic E-state index is 10.6. The van der Waals surface area contributed by atoms with Gasteiger partial charge in [0, 0.05) is 43.1 Å². The van der Waals surface area contributed by atoms with Gasteiger partial charge in [-0.05, 0) is 85.2 Å². The van der Waals surface area contributed by atoms with Crippen LogP contribution in [0.15, 0.2) is 72.3 Å². The van der Waals surface area contributed by atoms with Crippen molar-refractivity contribution in [3.8, 4) is 0 Å². The van der Waals surface area contributed by atoms with Crippen molar-refractivity contribution in [1.29, 1.82) is 0 Å². The molecule has 1 heterocycles. The number of allylic oxidation sites excluding steroid dienone is 4. The standard InChI is InChI=1S/C31H34N2O/c1-31(2,34)29-9-5-6-10-30(29)33-19-17-32(18-20-33)24-13-16-26-23(21-24)12-15-27-25-8-4-3-7-22(25)11-14-28(26)27/h4-6,8-10,12-13,15-16,21,34H,3,7,11,14,17-20H2,1-2H3. The van der Waals surface area contributed by atoms with Crippen LogP contribution < -0.4 is 9.80 Å². The van der Waals surface area contributed by atoms with E-state index in [0.717, 1.165) is 43.9 Å². The van der Waals surface area contributed by atoms with Gasteiger partial charge >= 0.3 is 0 Å². The van der Waals surface area contributed by atoms with Gasteiger partial charge in [-0.3, -0.25) is 0 Å². The quantitative estimate of drug-likeness (QED) is 0.497. The number of aliphatic hydroxyl groups is 1. The number of rotatable bonds is 3. The summed E-state index contributed by atoms with van der Waals surface area (Å²) in [5.74, 6) is 0. The average Bonchev–Trinajstić information content (AvgIpc) is 2.87. The van der Waals surface area contributed by atoms with Crippen molar-refractivity contribution in [2.24, 2.45) is 0 Å². The van der Waals surface area contributed by atoms with E-state index in [1.54, 1.807) is 5.57 Å². The number of para-hydroxylation sites is 1. The SMILES string of the molecule is CC(C)(O)c1ccccc1N1CCN(c2ccc3c4c(ccc3c2)C2=C(CCC=C2)CC4)CC1. The molecule has 0 unspecified atom stereocenters. The smallest absolute Gasteiger partial charge is 0.0860 e. The summed E-state index contributed by atoms with van der Waals surface area (Å²) in [5, 5.41) is 13.4. The van der Waals surface area contributed by atoms with E-state index in [9.17, 15) is 5.11 Å². The summed E-state index contributed by atoms with van der Waals surface area (Å²) in [4.78, 5) is 4.93. The number of nitrogens with zero attached hydrogens (tertiary/aromatic N) is 2. The highest BCUT2D eigenvalue weighted by atomic mass is 16.3. The molecule has 34 heavy (non-hydrogen) atoms. The van der Waals surface area contributed by atoms with Gasteiger partial charge in [0.2, 0.25) is 0 Å². The molecule has 0 saturated carbocycles. The maximum Gasteiger partial charge on any atom is 0.0860 e. The summed E-state index contributed by atoms with van der Waals surface area (Å²) < 4.78 is 0. The van der Waals surface area contributed by atoms with Gasteiger partial charge in [-0.15, -0.1) is 0 Å².